The van der Waals surface area contributed by atoms with Crippen LogP contribution in [0.2, 0.25) is 0 Å². The molecule has 0 radical (unpaired) electrons. The van der Waals surface area contributed by atoms with Crippen LogP contribution in [0.15, 0.2) is 18.3 Å². The van der Waals surface area contributed by atoms with Crippen molar-refractivity contribution in [1.82, 2.24) is 10.3 Å². The van der Waals surface area contributed by atoms with Gasteiger partial charge in [-0.3, -0.25) is 4.79 Å². The van der Waals surface area contributed by atoms with Crippen LogP contribution in [0, 0.1) is 18.3 Å². The number of hydrogen-bond acceptors (Lipinski definition) is 3. The van der Waals surface area contributed by atoms with Gasteiger partial charge in [0.15, 0.2) is 0 Å². The average molecular weight is 299 g/mol. The molecule has 4 nitrogen and oxygen atoms in total. The van der Waals surface area contributed by atoms with Crippen LogP contribution in [0.1, 0.15) is 49.9 Å². The summed E-state index contributed by atoms with van der Waals surface area (Å²) >= 11 is 0. The Labute approximate surface area is 133 Å². The molecule has 0 spiro atoms. The number of amides is 1. The molecule has 2 heterocycles. The Morgan fingerprint density at radius 3 is 3.00 bits per heavy atom. The number of nitrogens with zero attached hydrogens (tertiary/aromatic N) is 2. The van der Waals surface area contributed by atoms with E-state index < -0.39 is 0 Å². The van der Waals surface area contributed by atoms with Crippen molar-refractivity contribution in [3.05, 3.63) is 23.9 Å². The van der Waals surface area contributed by atoms with Crippen molar-refractivity contribution in [2.45, 2.75) is 45.6 Å². The van der Waals surface area contributed by atoms with Gasteiger partial charge in [0.25, 0.3) is 5.91 Å². The van der Waals surface area contributed by atoms with E-state index in [4.69, 9.17) is 6.42 Å². The summed E-state index contributed by atoms with van der Waals surface area (Å²) in [6.07, 6.45) is 11.7. The van der Waals surface area contributed by atoms with Gasteiger partial charge in [-0.25, -0.2) is 4.98 Å². The zero-order valence-corrected chi connectivity index (χ0v) is 13.5. The minimum absolute atomic E-state index is 0.172. The molecule has 4 heteroatoms. The minimum Gasteiger partial charge on any atom is -0.354 e. The molecule has 1 unspecified atom stereocenters. The molecule has 22 heavy (non-hydrogen) atoms. The van der Waals surface area contributed by atoms with E-state index in [0.29, 0.717) is 11.6 Å². The molecule has 1 aliphatic heterocycles. The van der Waals surface area contributed by atoms with Crippen LogP contribution in [-0.2, 0) is 0 Å². The summed E-state index contributed by atoms with van der Waals surface area (Å²) < 4.78 is 0. The van der Waals surface area contributed by atoms with E-state index in [1.165, 1.54) is 25.7 Å². The molecular formula is C18H25N3O. The minimum atomic E-state index is -0.172. The molecule has 1 fully saturated rings. The summed E-state index contributed by atoms with van der Waals surface area (Å²) in [7, 11) is 0. The standard InChI is InChI=1S/C18H25N3O/c1-4-11-19-18(22)15-8-10-17(20-13-15)21-12-5-6-16(21)9-7-14(2)3/h1,8,10,13-14,16H,5-7,9,11-12H2,2-3H3,(H,19,22). The molecule has 1 N–H and O–H groups in total. The molecular weight excluding hydrogens is 274 g/mol. The topological polar surface area (TPSA) is 45.2 Å². The van der Waals surface area contributed by atoms with Crippen LogP contribution < -0.4 is 10.2 Å². The number of carbonyl (C=O) groups is 1. The SMILES string of the molecule is C#CCNC(=O)c1ccc(N2CCCC2CCC(C)C)nc1. The average Bonchev–Trinajstić information content (AvgIpc) is 2.99. The normalized spacial score (nSPS) is 17.5. The fourth-order valence-electron chi connectivity index (χ4n) is 2.89. The summed E-state index contributed by atoms with van der Waals surface area (Å²) in [5, 5.41) is 2.65. The van der Waals surface area contributed by atoms with Crippen LogP contribution in [0.4, 0.5) is 5.82 Å². The van der Waals surface area contributed by atoms with Crippen molar-refractivity contribution in [3.63, 3.8) is 0 Å². The van der Waals surface area contributed by atoms with E-state index in [-0.39, 0.29) is 12.5 Å². The molecule has 1 amide bonds. The first kappa shape index (κ1) is 16.4. The number of anilines is 1. The lowest BCUT2D eigenvalue weighted by atomic mass is 10.0. The molecule has 1 atom stereocenters. The molecule has 1 aromatic rings. The van der Waals surface area contributed by atoms with Crippen LogP contribution in [0.25, 0.3) is 0 Å². The fraction of sp³-hybridized carbons (Fsp3) is 0.556. The predicted octanol–water partition coefficient (Wildman–Crippen LogP) is 2.85. The molecule has 0 bridgehead atoms. The summed E-state index contributed by atoms with van der Waals surface area (Å²) in [5.74, 6) is 3.93. The molecule has 118 valence electrons. The molecule has 0 aliphatic carbocycles. The van der Waals surface area contributed by atoms with E-state index in [2.05, 4.69) is 35.0 Å². The highest BCUT2D eigenvalue weighted by Crippen LogP contribution is 2.27. The second-order valence-corrected chi connectivity index (χ2v) is 6.25. The van der Waals surface area contributed by atoms with Gasteiger partial charge in [-0.05, 0) is 43.7 Å². The highest BCUT2D eigenvalue weighted by atomic mass is 16.1. The highest BCUT2D eigenvalue weighted by molar-refractivity contribution is 5.94. The zero-order valence-electron chi connectivity index (χ0n) is 13.5. The first-order chi connectivity index (χ1) is 10.6. The van der Waals surface area contributed by atoms with Gasteiger partial charge in [-0.15, -0.1) is 6.42 Å². The maximum atomic E-state index is 11.8. The maximum absolute atomic E-state index is 11.8. The summed E-state index contributed by atoms with van der Waals surface area (Å²) in [6, 6.07) is 4.35. The van der Waals surface area contributed by atoms with Crippen LogP contribution in [-0.4, -0.2) is 30.0 Å². The third-order valence-corrected chi connectivity index (χ3v) is 4.11. The zero-order chi connectivity index (χ0) is 15.9. The predicted molar refractivity (Wildman–Crippen MR) is 89.8 cm³/mol. The highest BCUT2D eigenvalue weighted by Gasteiger charge is 2.25. The van der Waals surface area contributed by atoms with Crippen molar-refractivity contribution in [3.8, 4) is 12.3 Å². The Hall–Kier alpha value is -2.02. The van der Waals surface area contributed by atoms with Gasteiger partial charge >= 0.3 is 0 Å². The molecule has 2 rings (SSSR count). The number of pyridine rings is 1. The third kappa shape index (κ3) is 4.24. The Morgan fingerprint density at radius 2 is 2.36 bits per heavy atom. The van der Waals surface area contributed by atoms with Crippen molar-refractivity contribution >= 4 is 11.7 Å². The van der Waals surface area contributed by atoms with E-state index in [0.717, 1.165) is 18.3 Å². The molecule has 0 aromatic carbocycles. The van der Waals surface area contributed by atoms with Gasteiger partial charge in [0.05, 0.1) is 12.1 Å². The monoisotopic (exact) mass is 299 g/mol. The van der Waals surface area contributed by atoms with Gasteiger partial charge in [-0.2, -0.15) is 0 Å². The van der Waals surface area contributed by atoms with Gasteiger partial charge in [0.1, 0.15) is 5.82 Å². The Morgan fingerprint density at radius 1 is 1.55 bits per heavy atom. The number of terminal acetylenes is 1. The van der Waals surface area contributed by atoms with Gasteiger partial charge < -0.3 is 10.2 Å². The van der Waals surface area contributed by atoms with E-state index >= 15 is 0 Å². The molecule has 1 saturated heterocycles. The van der Waals surface area contributed by atoms with Gasteiger partial charge in [0.2, 0.25) is 0 Å². The second-order valence-electron chi connectivity index (χ2n) is 6.25. The first-order valence-electron chi connectivity index (χ1n) is 8.06. The number of aromatic nitrogens is 1. The van der Waals surface area contributed by atoms with Crippen LogP contribution in [0.3, 0.4) is 0 Å². The lowest BCUT2D eigenvalue weighted by Gasteiger charge is -2.26. The molecule has 0 saturated carbocycles. The fourth-order valence-corrected chi connectivity index (χ4v) is 2.89. The summed E-state index contributed by atoms with van der Waals surface area (Å²) in [6.45, 7) is 5.82. The van der Waals surface area contributed by atoms with E-state index in [9.17, 15) is 4.79 Å². The Bertz CT molecular complexity index is 530. The second kappa shape index (κ2) is 7.84. The number of nitrogens with one attached hydrogen (secondary N) is 1. The summed E-state index contributed by atoms with van der Waals surface area (Å²) in [5.41, 5.74) is 0.553. The smallest absolute Gasteiger partial charge is 0.253 e. The van der Waals surface area contributed by atoms with Crippen LogP contribution in [0.5, 0.6) is 0 Å². The lowest BCUT2D eigenvalue weighted by molar-refractivity contribution is 0.0958. The molecule has 1 aliphatic rings. The Kier molecular flexibility index (Phi) is 5.83. The van der Waals surface area contributed by atoms with Crippen molar-refractivity contribution in [1.29, 1.82) is 0 Å². The van der Waals surface area contributed by atoms with Crippen molar-refractivity contribution < 1.29 is 4.79 Å². The number of rotatable bonds is 6. The lowest BCUT2D eigenvalue weighted by Crippen LogP contribution is -2.30. The maximum Gasteiger partial charge on any atom is 0.253 e. The number of hydrogen-bond donors (Lipinski definition) is 1. The van der Waals surface area contributed by atoms with Crippen molar-refractivity contribution in [2.75, 3.05) is 18.0 Å². The molecule has 1 aromatic heterocycles. The van der Waals surface area contributed by atoms with E-state index in [1.54, 1.807) is 6.20 Å². The summed E-state index contributed by atoms with van der Waals surface area (Å²) in [4.78, 5) is 18.7. The Balaban J connectivity index is 2.00. The number of carbonyl (C=O) groups excluding carboxylic acids is 1. The quantitative estimate of drug-likeness (QED) is 0.822. The van der Waals surface area contributed by atoms with Crippen LogP contribution >= 0.6 is 0 Å². The van der Waals surface area contributed by atoms with Gasteiger partial charge in [0, 0.05) is 18.8 Å². The van der Waals surface area contributed by atoms with Crippen molar-refractivity contribution in [2.24, 2.45) is 5.92 Å². The van der Waals surface area contributed by atoms with E-state index in [1.807, 2.05) is 12.1 Å². The largest absolute Gasteiger partial charge is 0.354 e. The van der Waals surface area contributed by atoms with Gasteiger partial charge in [-0.1, -0.05) is 19.8 Å². The third-order valence-electron chi connectivity index (χ3n) is 4.11. The first-order valence-corrected chi connectivity index (χ1v) is 8.06.